The highest BCUT2D eigenvalue weighted by Crippen LogP contribution is 2.30. The number of carbonyl (C=O) groups is 1. The lowest BCUT2D eigenvalue weighted by Crippen LogP contribution is -2.29. The van der Waals surface area contributed by atoms with Crippen molar-refractivity contribution in [2.45, 2.75) is 6.54 Å². The molecule has 5 aromatic rings. The third-order valence-corrected chi connectivity index (χ3v) is 5.84. The summed E-state index contributed by atoms with van der Waals surface area (Å²) in [6.45, 7) is 0.929. The van der Waals surface area contributed by atoms with Gasteiger partial charge in [0.2, 0.25) is 5.91 Å². The maximum Gasteiger partial charge on any atom is 0.238 e. The fourth-order valence-electron chi connectivity index (χ4n) is 3.52. The number of furan rings is 1. The molecule has 3 aromatic carbocycles. The first-order chi connectivity index (χ1) is 14.2. The molecule has 0 unspecified atom stereocenters. The van der Waals surface area contributed by atoms with Gasteiger partial charge in [-0.15, -0.1) is 11.3 Å². The molecular formula is C23H19N3O2S. The summed E-state index contributed by atoms with van der Waals surface area (Å²) in [7, 11) is 1.93. The predicted octanol–water partition coefficient (Wildman–Crippen LogP) is 5.27. The van der Waals surface area contributed by atoms with Gasteiger partial charge in [0, 0.05) is 16.5 Å². The smallest absolute Gasteiger partial charge is 0.238 e. The molecule has 2 aromatic heterocycles. The van der Waals surface area contributed by atoms with Crippen LogP contribution in [0.3, 0.4) is 0 Å². The zero-order chi connectivity index (χ0) is 19.8. The Bertz CT molecular complexity index is 1300. The molecule has 0 spiro atoms. The second kappa shape index (κ2) is 7.31. The molecule has 0 atom stereocenters. The Hall–Kier alpha value is -3.22. The summed E-state index contributed by atoms with van der Waals surface area (Å²) in [6, 6.07) is 21.7. The summed E-state index contributed by atoms with van der Waals surface area (Å²) in [4.78, 5) is 19.1. The molecule has 6 heteroatoms. The van der Waals surface area contributed by atoms with Crippen LogP contribution in [0.25, 0.3) is 32.2 Å². The van der Waals surface area contributed by atoms with Gasteiger partial charge in [-0.3, -0.25) is 9.69 Å². The SMILES string of the molecule is CN(CC(=O)Nc1ccc2oc3ccccc3c2c1)Cc1nc2ccccc2s1. The third-order valence-electron chi connectivity index (χ3n) is 4.82. The summed E-state index contributed by atoms with van der Waals surface area (Å²) in [5, 5.41) is 6.05. The maximum absolute atomic E-state index is 12.5. The monoisotopic (exact) mass is 401 g/mol. The summed E-state index contributed by atoms with van der Waals surface area (Å²) in [5.74, 6) is -0.0549. The van der Waals surface area contributed by atoms with Crippen LogP contribution in [0.15, 0.2) is 71.1 Å². The Kier molecular flexibility index (Phi) is 4.50. The van der Waals surface area contributed by atoms with Gasteiger partial charge in [0.05, 0.1) is 23.3 Å². The summed E-state index contributed by atoms with van der Waals surface area (Å²) in [5.41, 5.74) is 3.44. The number of carbonyl (C=O) groups excluding carboxylic acids is 1. The molecule has 0 aliphatic carbocycles. The Morgan fingerprint density at radius 1 is 1.03 bits per heavy atom. The minimum atomic E-state index is -0.0549. The fraction of sp³-hybridized carbons (Fsp3) is 0.130. The van der Waals surface area contributed by atoms with E-state index in [2.05, 4.69) is 16.4 Å². The lowest BCUT2D eigenvalue weighted by Gasteiger charge is -2.14. The second-order valence-corrected chi connectivity index (χ2v) is 8.22. The lowest BCUT2D eigenvalue weighted by molar-refractivity contribution is -0.117. The number of hydrogen-bond donors (Lipinski definition) is 1. The number of nitrogens with zero attached hydrogens (tertiary/aromatic N) is 2. The van der Waals surface area contributed by atoms with Crippen molar-refractivity contribution in [1.82, 2.24) is 9.88 Å². The van der Waals surface area contributed by atoms with Crippen molar-refractivity contribution in [2.75, 3.05) is 18.9 Å². The number of para-hydroxylation sites is 2. The van der Waals surface area contributed by atoms with Gasteiger partial charge in [0.25, 0.3) is 0 Å². The van der Waals surface area contributed by atoms with E-state index < -0.39 is 0 Å². The minimum absolute atomic E-state index is 0.0549. The first-order valence-corrected chi connectivity index (χ1v) is 10.2. The topological polar surface area (TPSA) is 58.4 Å². The fourth-order valence-corrected chi connectivity index (χ4v) is 4.57. The van der Waals surface area contributed by atoms with Crippen molar-refractivity contribution in [3.8, 4) is 0 Å². The zero-order valence-electron chi connectivity index (χ0n) is 15.9. The molecular weight excluding hydrogens is 382 g/mol. The van der Waals surface area contributed by atoms with Crippen LogP contribution < -0.4 is 5.32 Å². The number of hydrogen-bond acceptors (Lipinski definition) is 5. The summed E-state index contributed by atoms with van der Waals surface area (Å²) in [6.07, 6.45) is 0. The van der Waals surface area contributed by atoms with Crippen molar-refractivity contribution < 1.29 is 9.21 Å². The molecule has 144 valence electrons. The van der Waals surface area contributed by atoms with E-state index in [1.165, 1.54) is 4.70 Å². The normalized spacial score (nSPS) is 11.7. The van der Waals surface area contributed by atoms with Gasteiger partial charge in [-0.25, -0.2) is 4.98 Å². The first-order valence-electron chi connectivity index (χ1n) is 9.40. The average molecular weight is 401 g/mol. The van der Waals surface area contributed by atoms with Crippen molar-refractivity contribution in [3.05, 3.63) is 71.7 Å². The first kappa shape index (κ1) is 17.8. The highest BCUT2D eigenvalue weighted by Gasteiger charge is 2.12. The summed E-state index contributed by atoms with van der Waals surface area (Å²) >= 11 is 1.67. The van der Waals surface area contributed by atoms with E-state index in [-0.39, 0.29) is 5.91 Å². The number of rotatable bonds is 5. The highest BCUT2D eigenvalue weighted by atomic mass is 32.1. The number of anilines is 1. The number of fused-ring (bicyclic) bond motifs is 4. The van der Waals surface area contributed by atoms with E-state index in [9.17, 15) is 4.79 Å². The Labute approximate surface area is 171 Å². The molecule has 0 fully saturated rings. The predicted molar refractivity (Wildman–Crippen MR) is 118 cm³/mol. The largest absolute Gasteiger partial charge is 0.456 e. The van der Waals surface area contributed by atoms with Gasteiger partial charge >= 0.3 is 0 Å². The average Bonchev–Trinajstić information content (AvgIpc) is 3.28. The second-order valence-electron chi connectivity index (χ2n) is 7.10. The Balaban J connectivity index is 1.27. The van der Waals surface area contributed by atoms with Crippen LogP contribution >= 0.6 is 11.3 Å². The molecule has 0 bridgehead atoms. The number of aromatic nitrogens is 1. The van der Waals surface area contributed by atoms with Gasteiger partial charge in [-0.1, -0.05) is 30.3 Å². The molecule has 29 heavy (non-hydrogen) atoms. The van der Waals surface area contributed by atoms with E-state index in [4.69, 9.17) is 4.42 Å². The number of nitrogens with one attached hydrogen (secondary N) is 1. The van der Waals surface area contributed by atoms with Crippen LogP contribution in [-0.4, -0.2) is 29.4 Å². The molecule has 5 rings (SSSR count). The van der Waals surface area contributed by atoms with E-state index in [1.54, 1.807) is 11.3 Å². The zero-order valence-corrected chi connectivity index (χ0v) is 16.7. The van der Waals surface area contributed by atoms with Crippen LogP contribution in [0.5, 0.6) is 0 Å². The van der Waals surface area contributed by atoms with Crippen LogP contribution in [0.2, 0.25) is 0 Å². The highest BCUT2D eigenvalue weighted by molar-refractivity contribution is 7.18. The van der Waals surface area contributed by atoms with Crippen LogP contribution in [0, 0.1) is 0 Å². The van der Waals surface area contributed by atoms with Crippen molar-refractivity contribution in [3.63, 3.8) is 0 Å². The quantitative estimate of drug-likeness (QED) is 0.436. The van der Waals surface area contributed by atoms with Gasteiger partial charge in [-0.2, -0.15) is 0 Å². The molecule has 0 saturated carbocycles. The molecule has 2 heterocycles. The van der Waals surface area contributed by atoms with Crippen molar-refractivity contribution in [2.24, 2.45) is 0 Å². The standard InChI is InChI=1S/C23H19N3O2S/c1-26(14-23-25-18-7-3-5-9-21(18)29-23)13-22(27)24-15-10-11-20-17(12-15)16-6-2-4-8-19(16)28-20/h2-12H,13-14H2,1H3,(H,24,27). The van der Waals surface area contributed by atoms with Crippen LogP contribution in [-0.2, 0) is 11.3 Å². The van der Waals surface area contributed by atoms with Gasteiger partial charge < -0.3 is 9.73 Å². The van der Waals surface area contributed by atoms with Gasteiger partial charge in [0.1, 0.15) is 16.2 Å². The maximum atomic E-state index is 12.5. The Morgan fingerprint density at radius 2 is 1.83 bits per heavy atom. The molecule has 1 amide bonds. The minimum Gasteiger partial charge on any atom is -0.456 e. The van der Waals surface area contributed by atoms with E-state index in [0.717, 1.165) is 38.2 Å². The molecule has 0 radical (unpaired) electrons. The van der Waals surface area contributed by atoms with Crippen molar-refractivity contribution in [1.29, 1.82) is 0 Å². The number of benzene rings is 3. The number of thiazole rings is 1. The van der Waals surface area contributed by atoms with Gasteiger partial charge in [-0.05, 0) is 43.4 Å². The molecule has 0 aliphatic rings. The molecule has 5 nitrogen and oxygen atoms in total. The van der Waals surface area contributed by atoms with E-state index in [0.29, 0.717) is 13.1 Å². The molecule has 0 saturated heterocycles. The number of amides is 1. The lowest BCUT2D eigenvalue weighted by atomic mass is 10.1. The third kappa shape index (κ3) is 3.60. The summed E-state index contributed by atoms with van der Waals surface area (Å²) < 4.78 is 7.01. The molecule has 0 aliphatic heterocycles. The van der Waals surface area contributed by atoms with E-state index in [1.807, 2.05) is 72.6 Å². The van der Waals surface area contributed by atoms with Crippen LogP contribution in [0.4, 0.5) is 5.69 Å². The Morgan fingerprint density at radius 3 is 2.72 bits per heavy atom. The van der Waals surface area contributed by atoms with E-state index >= 15 is 0 Å². The molecule has 1 N–H and O–H groups in total. The van der Waals surface area contributed by atoms with Crippen molar-refractivity contribution >= 4 is 55.1 Å². The van der Waals surface area contributed by atoms with Crippen LogP contribution in [0.1, 0.15) is 5.01 Å². The number of likely N-dealkylation sites (N-methyl/N-ethyl adjacent to an activating group) is 1. The van der Waals surface area contributed by atoms with Gasteiger partial charge in [0.15, 0.2) is 0 Å².